The van der Waals surface area contributed by atoms with Crippen LogP contribution in [0.15, 0.2) is 0 Å². The number of nitrogens with one attached hydrogen (secondary N) is 1. The lowest BCUT2D eigenvalue weighted by Gasteiger charge is -2.29. The summed E-state index contributed by atoms with van der Waals surface area (Å²) < 4.78 is 0. The van der Waals surface area contributed by atoms with Gasteiger partial charge in [0.2, 0.25) is 0 Å². The molecule has 1 saturated heterocycles. The fraction of sp³-hybridized carbons (Fsp3) is 1.00. The molecule has 0 aromatic rings. The molecule has 1 aliphatic carbocycles. The third-order valence-corrected chi connectivity index (χ3v) is 3.70. The zero-order valence-corrected chi connectivity index (χ0v) is 8.81. The molecule has 2 nitrogen and oxygen atoms in total. The van der Waals surface area contributed by atoms with Gasteiger partial charge in [0.05, 0.1) is 0 Å². The Morgan fingerprint density at radius 2 is 2.00 bits per heavy atom. The molecule has 1 aliphatic heterocycles. The first-order valence-corrected chi connectivity index (χ1v) is 5.77. The van der Waals surface area contributed by atoms with E-state index in [0.717, 1.165) is 6.54 Å². The second-order valence-electron chi connectivity index (χ2n) is 4.63. The Labute approximate surface area is 81.7 Å². The van der Waals surface area contributed by atoms with Gasteiger partial charge in [0, 0.05) is 18.6 Å². The molecule has 1 spiro atoms. The zero-order valence-electron chi connectivity index (χ0n) is 8.81. The number of likely N-dealkylation sites (N-methyl/N-ethyl adjacent to an activating group) is 1. The molecule has 2 rings (SSSR count). The largest absolute Gasteiger partial charge is 0.318 e. The van der Waals surface area contributed by atoms with E-state index >= 15 is 0 Å². The van der Waals surface area contributed by atoms with Gasteiger partial charge in [-0.15, -0.1) is 0 Å². The summed E-state index contributed by atoms with van der Waals surface area (Å²) in [5.74, 6) is 0. The summed E-state index contributed by atoms with van der Waals surface area (Å²) in [7, 11) is 2.05. The molecule has 0 unspecified atom stereocenters. The van der Waals surface area contributed by atoms with Gasteiger partial charge in [-0.1, -0.05) is 12.8 Å². The van der Waals surface area contributed by atoms with Crippen molar-refractivity contribution in [1.29, 1.82) is 0 Å². The summed E-state index contributed by atoms with van der Waals surface area (Å²) in [6.45, 7) is 3.76. The van der Waals surface area contributed by atoms with Crippen LogP contribution in [0.1, 0.15) is 38.5 Å². The second kappa shape index (κ2) is 3.97. The molecule has 0 aromatic heterocycles. The smallest absolute Gasteiger partial charge is 0.0211 e. The normalized spacial score (nSPS) is 27.5. The number of nitrogens with zero attached hydrogens (tertiary/aromatic N) is 1. The number of hydrogen-bond donors (Lipinski definition) is 1. The first-order chi connectivity index (χ1) is 6.37. The number of rotatable bonds is 3. The maximum atomic E-state index is 3.26. The van der Waals surface area contributed by atoms with Crippen molar-refractivity contribution in [2.24, 2.45) is 0 Å². The van der Waals surface area contributed by atoms with Crippen LogP contribution in [-0.2, 0) is 0 Å². The van der Waals surface area contributed by atoms with Gasteiger partial charge >= 0.3 is 0 Å². The molecule has 0 radical (unpaired) electrons. The molecule has 76 valence electrons. The lowest BCUT2D eigenvalue weighted by molar-refractivity contribution is 0.182. The van der Waals surface area contributed by atoms with E-state index in [4.69, 9.17) is 0 Å². The molecule has 0 aromatic carbocycles. The van der Waals surface area contributed by atoms with E-state index in [-0.39, 0.29) is 0 Å². The molecular formula is C11H22N2. The quantitative estimate of drug-likeness (QED) is 0.713. The lowest BCUT2D eigenvalue weighted by Crippen LogP contribution is -2.40. The van der Waals surface area contributed by atoms with Gasteiger partial charge in [0.25, 0.3) is 0 Å². The van der Waals surface area contributed by atoms with Crippen molar-refractivity contribution in [3.63, 3.8) is 0 Å². The Bertz CT molecular complexity index is 163. The van der Waals surface area contributed by atoms with Crippen molar-refractivity contribution >= 4 is 0 Å². The predicted octanol–water partition coefficient (Wildman–Crippen LogP) is 1.61. The van der Waals surface area contributed by atoms with Gasteiger partial charge in [-0.2, -0.15) is 0 Å². The fourth-order valence-corrected chi connectivity index (χ4v) is 2.64. The van der Waals surface area contributed by atoms with Gasteiger partial charge in [-0.3, -0.25) is 4.90 Å². The Hall–Kier alpha value is -0.0800. The van der Waals surface area contributed by atoms with Crippen molar-refractivity contribution in [3.8, 4) is 0 Å². The summed E-state index contributed by atoms with van der Waals surface area (Å²) >= 11 is 0. The first kappa shape index (κ1) is 9.47. The van der Waals surface area contributed by atoms with Crippen molar-refractivity contribution < 1.29 is 0 Å². The lowest BCUT2D eigenvalue weighted by atomic mass is 10.1. The van der Waals surface area contributed by atoms with E-state index in [9.17, 15) is 0 Å². The van der Waals surface area contributed by atoms with Crippen LogP contribution in [0, 0.1) is 0 Å². The van der Waals surface area contributed by atoms with Crippen molar-refractivity contribution in [1.82, 2.24) is 10.2 Å². The van der Waals surface area contributed by atoms with Crippen LogP contribution >= 0.6 is 0 Å². The molecule has 1 saturated carbocycles. The molecule has 0 bridgehead atoms. The molecule has 2 heteroatoms. The Morgan fingerprint density at radius 1 is 1.15 bits per heavy atom. The van der Waals surface area contributed by atoms with Gasteiger partial charge in [-0.25, -0.2) is 0 Å². The molecule has 2 aliphatic rings. The summed E-state index contributed by atoms with van der Waals surface area (Å²) in [6, 6.07) is 0. The Kier molecular flexibility index (Phi) is 2.89. The average Bonchev–Trinajstić information content (AvgIpc) is 2.93. The minimum Gasteiger partial charge on any atom is -0.318 e. The van der Waals surface area contributed by atoms with Crippen LogP contribution in [-0.4, -0.2) is 37.1 Å². The highest BCUT2D eigenvalue weighted by atomic mass is 15.2. The maximum absolute atomic E-state index is 3.26. The second-order valence-corrected chi connectivity index (χ2v) is 4.63. The van der Waals surface area contributed by atoms with Crippen molar-refractivity contribution in [2.45, 2.75) is 44.1 Å². The van der Waals surface area contributed by atoms with E-state index in [2.05, 4.69) is 17.3 Å². The fourth-order valence-electron chi connectivity index (χ4n) is 2.64. The Balaban J connectivity index is 1.89. The highest BCUT2D eigenvalue weighted by Crippen LogP contribution is 2.47. The molecule has 0 atom stereocenters. The third-order valence-electron chi connectivity index (χ3n) is 3.70. The van der Waals surface area contributed by atoms with Gasteiger partial charge in [0.15, 0.2) is 0 Å². The summed E-state index contributed by atoms with van der Waals surface area (Å²) in [5.41, 5.74) is 0.674. The van der Waals surface area contributed by atoms with Crippen LogP contribution in [0.3, 0.4) is 0 Å². The van der Waals surface area contributed by atoms with Crippen LogP contribution in [0.2, 0.25) is 0 Å². The molecule has 2 fully saturated rings. The zero-order chi connectivity index (χ0) is 9.15. The van der Waals surface area contributed by atoms with E-state index in [1.165, 1.54) is 51.6 Å². The van der Waals surface area contributed by atoms with Crippen LogP contribution in [0.25, 0.3) is 0 Å². The van der Waals surface area contributed by atoms with Crippen LogP contribution in [0.4, 0.5) is 0 Å². The SMILES string of the molecule is CNCCN1CCCCCC12CC2. The van der Waals surface area contributed by atoms with Crippen LogP contribution < -0.4 is 5.32 Å². The number of likely N-dealkylation sites (tertiary alicyclic amines) is 1. The van der Waals surface area contributed by atoms with E-state index in [1.54, 1.807) is 0 Å². The van der Waals surface area contributed by atoms with E-state index in [0.29, 0.717) is 5.54 Å². The van der Waals surface area contributed by atoms with Gasteiger partial charge < -0.3 is 5.32 Å². The summed E-state index contributed by atoms with van der Waals surface area (Å²) in [6.07, 6.45) is 8.75. The summed E-state index contributed by atoms with van der Waals surface area (Å²) in [4.78, 5) is 2.75. The number of hydrogen-bond acceptors (Lipinski definition) is 2. The highest BCUT2D eigenvalue weighted by Gasteiger charge is 2.47. The highest BCUT2D eigenvalue weighted by molar-refractivity contribution is 5.04. The van der Waals surface area contributed by atoms with E-state index < -0.39 is 0 Å². The summed E-state index contributed by atoms with van der Waals surface area (Å²) in [5, 5.41) is 3.26. The molecule has 13 heavy (non-hydrogen) atoms. The van der Waals surface area contributed by atoms with Crippen molar-refractivity contribution in [3.05, 3.63) is 0 Å². The van der Waals surface area contributed by atoms with Gasteiger partial charge in [-0.05, 0) is 39.3 Å². The average molecular weight is 182 g/mol. The molecule has 0 amide bonds. The monoisotopic (exact) mass is 182 g/mol. The van der Waals surface area contributed by atoms with E-state index in [1.807, 2.05) is 0 Å². The maximum Gasteiger partial charge on any atom is 0.0211 e. The molecule has 1 N–H and O–H groups in total. The van der Waals surface area contributed by atoms with Crippen LogP contribution in [0.5, 0.6) is 0 Å². The van der Waals surface area contributed by atoms with Crippen molar-refractivity contribution in [2.75, 3.05) is 26.7 Å². The minimum absolute atomic E-state index is 0.674. The van der Waals surface area contributed by atoms with Gasteiger partial charge in [0.1, 0.15) is 0 Å². The topological polar surface area (TPSA) is 15.3 Å². The third kappa shape index (κ3) is 2.05. The Morgan fingerprint density at radius 3 is 2.69 bits per heavy atom. The first-order valence-electron chi connectivity index (χ1n) is 5.77. The predicted molar refractivity (Wildman–Crippen MR) is 55.9 cm³/mol. The molecule has 1 heterocycles. The standard InChI is InChI=1S/C11H22N2/c1-12-8-10-13-9-4-2-3-5-11(13)6-7-11/h12H,2-10H2,1H3. The molecular weight excluding hydrogens is 160 g/mol. The minimum atomic E-state index is 0.674.